The number of carbonyl (C=O) groups is 1. The third-order valence-corrected chi connectivity index (χ3v) is 2.68. The number of halogens is 3. The summed E-state index contributed by atoms with van der Waals surface area (Å²) in [6.07, 6.45) is -2.21. The Morgan fingerprint density at radius 1 is 1.42 bits per heavy atom. The summed E-state index contributed by atoms with van der Waals surface area (Å²) < 4.78 is 37.2. The topological polar surface area (TPSA) is 102 Å². The van der Waals surface area contributed by atoms with Crippen LogP contribution < -0.4 is 5.43 Å². The Hall–Kier alpha value is -3.24. The number of hydrogen-bond donors (Lipinski definition) is 1. The number of nitro groups is 1. The van der Waals surface area contributed by atoms with Crippen LogP contribution in [0, 0.1) is 10.1 Å². The highest BCUT2D eigenvalue weighted by Crippen LogP contribution is 2.16. The summed E-state index contributed by atoms with van der Waals surface area (Å²) in [6.45, 7) is -1.24. The van der Waals surface area contributed by atoms with Gasteiger partial charge in [0.05, 0.1) is 11.1 Å². The van der Waals surface area contributed by atoms with Gasteiger partial charge in [-0.15, -0.1) is 0 Å². The summed E-state index contributed by atoms with van der Waals surface area (Å²) in [4.78, 5) is 21.8. The second kappa shape index (κ2) is 6.89. The molecule has 0 saturated carbocycles. The summed E-state index contributed by atoms with van der Waals surface area (Å²) >= 11 is 0. The van der Waals surface area contributed by atoms with E-state index in [1.54, 1.807) is 0 Å². The summed E-state index contributed by atoms with van der Waals surface area (Å²) in [5.41, 5.74) is 1.98. The molecule has 2 rings (SSSR count). The van der Waals surface area contributed by atoms with Crippen molar-refractivity contribution in [3.05, 3.63) is 57.9 Å². The summed E-state index contributed by atoms with van der Waals surface area (Å²) in [7, 11) is 0. The maximum absolute atomic E-state index is 12.2. The van der Waals surface area contributed by atoms with E-state index in [2.05, 4.69) is 15.6 Å². The van der Waals surface area contributed by atoms with Crippen LogP contribution in [0.5, 0.6) is 0 Å². The molecule has 1 aromatic heterocycles. The molecule has 24 heavy (non-hydrogen) atoms. The lowest BCUT2D eigenvalue weighted by molar-refractivity contribution is -0.384. The Bertz CT molecular complexity index is 785. The van der Waals surface area contributed by atoms with Crippen molar-refractivity contribution in [2.45, 2.75) is 12.7 Å². The van der Waals surface area contributed by atoms with Crippen LogP contribution in [0.25, 0.3) is 0 Å². The number of non-ortho nitro benzene ring substituents is 1. The molecule has 1 heterocycles. The number of alkyl halides is 3. The standard InChI is InChI=1S/C13H10F3N5O3/c14-13(15,16)8-20-5-4-10(19-20)7-17-18-12(22)9-2-1-3-11(6-9)21(23)24/h1-7H,8H2,(H,18,22)/b17-7-. The van der Waals surface area contributed by atoms with E-state index in [0.717, 1.165) is 18.5 Å². The van der Waals surface area contributed by atoms with Crippen molar-refractivity contribution in [2.24, 2.45) is 5.10 Å². The monoisotopic (exact) mass is 341 g/mol. The number of nitro benzene ring substituents is 1. The highest BCUT2D eigenvalue weighted by Gasteiger charge is 2.28. The van der Waals surface area contributed by atoms with Gasteiger partial charge >= 0.3 is 6.18 Å². The molecule has 0 fully saturated rings. The first-order valence-electron chi connectivity index (χ1n) is 6.43. The van der Waals surface area contributed by atoms with Crippen molar-refractivity contribution in [1.82, 2.24) is 15.2 Å². The Morgan fingerprint density at radius 2 is 2.17 bits per heavy atom. The predicted molar refractivity (Wildman–Crippen MR) is 76.4 cm³/mol. The number of aromatic nitrogens is 2. The average molecular weight is 341 g/mol. The highest BCUT2D eigenvalue weighted by molar-refractivity contribution is 5.95. The molecule has 11 heteroatoms. The summed E-state index contributed by atoms with van der Waals surface area (Å²) in [6, 6.07) is 6.29. The molecule has 0 atom stereocenters. The van der Waals surface area contributed by atoms with Crippen molar-refractivity contribution in [3.63, 3.8) is 0 Å². The Balaban J connectivity index is 1.97. The molecule has 0 aliphatic heterocycles. The Kier molecular flexibility index (Phi) is 4.92. The van der Waals surface area contributed by atoms with Gasteiger partial charge in [0.15, 0.2) is 0 Å². The fourth-order valence-corrected chi connectivity index (χ4v) is 1.70. The van der Waals surface area contributed by atoms with Gasteiger partial charge in [-0.2, -0.15) is 23.4 Å². The van der Waals surface area contributed by atoms with Gasteiger partial charge in [-0.1, -0.05) is 6.07 Å². The molecule has 0 radical (unpaired) electrons. The second-order valence-electron chi connectivity index (χ2n) is 4.56. The first kappa shape index (κ1) is 17.1. The molecule has 0 spiro atoms. The summed E-state index contributed by atoms with van der Waals surface area (Å²) in [5.74, 6) is -0.704. The minimum Gasteiger partial charge on any atom is -0.267 e. The molecule has 1 N–H and O–H groups in total. The van der Waals surface area contributed by atoms with Gasteiger partial charge in [-0.3, -0.25) is 19.6 Å². The third kappa shape index (κ3) is 4.90. The molecule has 0 aliphatic rings. The smallest absolute Gasteiger partial charge is 0.267 e. The minimum atomic E-state index is -4.39. The third-order valence-electron chi connectivity index (χ3n) is 2.68. The molecule has 126 valence electrons. The van der Waals surface area contributed by atoms with Crippen LogP contribution in [0.1, 0.15) is 16.1 Å². The van der Waals surface area contributed by atoms with E-state index in [9.17, 15) is 28.1 Å². The van der Waals surface area contributed by atoms with Crippen LogP contribution >= 0.6 is 0 Å². The van der Waals surface area contributed by atoms with Crippen molar-refractivity contribution in [1.29, 1.82) is 0 Å². The molecular weight excluding hydrogens is 331 g/mol. The van der Waals surface area contributed by atoms with Crippen LogP contribution in [-0.2, 0) is 6.54 Å². The fraction of sp³-hybridized carbons (Fsp3) is 0.154. The van der Waals surface area contributed by atoms with Crippen LogP contribution in [-0.4, -0.2) is 33.0 Å². The number of rotatable bonds is 5. The number of nitrogens with zero attached hydrogens (tertiary/aromatic N) is 4. The zero-order valence-electron chi connectivity index (χ0n) is 11.9. The summed E-state index contributed by atoms with van der Waals surface area (Å²) in [5, 5.41) is 17.8. The van der Waals surface area contributed by atoms with E-state index >= 15 is 0 Å². The molecule has 8 nitrogen and oxygen atoms in total. The lowest BCUT2D eigenvalue weighted by Crippen LogP contribution is -2.18. The Labute approximate surface area is 132 Å². The SMILES string of the molecule is O=C(N/N=C\c1ccn(CC(F)(F)F)n1)c1cccc([N+](=O)[O-])c1. The first-order valence-corrected chi connectivity index (χ1v) is 6.43. The lowest BCUT2D eigenvalue weighted by Gasteiger charge is -2.04. The maximum atomic E-state index is 12.2. The van der Waals surface area contributed by atoms with Crippen molar-refractivity contribution < 1.29 is 22.9 Å². The van der Waals surface area contributed by atoms with Gasteiger partial charge in [-0.25, -0.2) is 5.43 Å². The van der Waals surface area contributed by atoms with Crippen molar-refractivity contribution in [3.8, 4) is 0 Å². The molecule has 0 unspecified atom stereocenters. The van der Waals surface area contributed by atoms with E-state index in [0.29, 0.717) is 4.68 Å². The number of benzene rings is 1. The zero-order valence-corrected chi connectivity index (χ0v) is 11.9. The first-order chi connectivity index (χ1) is 11.2. The minimum absolute atomic E-state index is 0.0175. The van der Waals surface area contributed by atoms with Crippen molar-refractivity contribution >= 4 is 17.8 Å². The zero-order chi connectivity index (χ0) is 17.7. The molecule has 1 amide bonds. The lowest BCUT2D eigenvalue weighted by atomic mass is 10.2. The molecule has 2 aromatic rings. The van der Waals surface area contributed by atoms with E-state index in [1.165, 1.54) is 24.3 Å². The molecule has 0 saturated heterocycles. The predicted octanol–water partition coefficient (Wildman–Crippen LogP) is 2.12. The van der Waals surface area contributed by atoms with E-state index < -0.39 is 23.6 Å². The number of amides is 1. The molecule has 1 aromatic carbocycles. The largest absolute Gasteiger partial charge is 0.408 e. The molecule has 0 bridgehead atoms. The number of hydrogen-bond acceptors (Lipinski definition) is 5. The average Bonchev–Trinajstić information content (AvgIpc) is 2.92. The van der Waals surface area contributed by atoms with Crippen LogP contribution in [0.3, 0.4) is 0 Å². The number of hydrazone groups is 1. The van der Waals surface area contributed by atoms with Gasteiger partial charge in [-0.05, 0) is 12.1 Å². The van der Waals surface area contributed by atoms with E-state index in [-0.39, 0.29) is 16.9 Å². The normalized spacial score (nSPS) is 11.6. The van der Waals surface area contributed by atoms with Crippen LogP contribution in [0.15, 0.2) is 41.6 Å². The van der Waals surface area contributed by atoms with Gasteiger partial charge in [0, 0.05) is 23.9 Å². The van der Waals surface area contributed by atoms with Crippen LogP contribution in [0.4, 0.5) is 18.9 Å². The number of nitrogens with one attached hydrogen (secondary N) is 1. The number of carbonyl (C=O) groups excluding carboxylic acids is 1. The molecular formula is C13H10F3N5O3. The quantitative estimate of drug-likeness (QED) is 0.511. The Morgan fingerprint density at radius 3 is 2.83 bits per heavy atom. The fourth-order valence-electron chi connectivity index (χ4n) is 1.70. The van der Waals surface area contributed by atoms with Gasteiger partial charge in [0.1, 0.15) is 12.2 Å². The second-order valence-corrected chi connectivity index (χ2v) is 4.56. The highest BCUT2D eigenvalue weighted by atomic mass is 19.4. The van der Waals surface area contributed by atoms with Gasteiger partial charge < -0.3 is 0 Å². The van der Waals surface area contributed by atoms with Gasteiger partial charge in [0.2, 0.25) is 0 Å². The van der Waals surface area contributed by atoms with Gasteiger partial charge in [0.25, 0.3) is 11.6 Å². The molecule has 0 aliphatic carbocycles. The van der Waals surface area contributed by atoms with E-state index in [1.807, 2.05) is 0 Å². The van der Waals surface area contributed by atoms with E-state index in [4.69, 9.17) is 0 Å². The van der Waals surface area contributed by atoms with Crippen LogP contribution in [0.2, 0.25) is 0 Å². The van der Waals surface area contributed by atoms with Crippen molar-refractivity contribution in [2.75, 3.05) is 0 Å². The maximum Gasteiger partial charge on any atom is 0.408 e.